The first-order chi connectivity index (χ1) is 9.31. The molecule has 0 aromatic heterocycles. The van der Waals surface area contributed by atoms with Gasteiger partial charge in [0, 0.05) is 12.2 Å². The maximum absolute atomic E-state index is 12.4. The van der Waals surface area contributed by atoms with Crippen LogP contribution in [0.15, 0.2) is 24.3 Å². The lowest BCUT2D eigenvalue weighted by Crippen LogP contribution is -2.46. The van der Waals surface area contributed by atoms with Gasteiger partial charge in [0.25, 0.3) is 0 Å². The van der Waals surface area contributed by atoms with Gasteiger partial charge < -0.3 is 10.6 Å². The van der Waals surface area contributed by atoms with Crippen LogP contribution in [0.1, 0.15) is 46.1 Å². The molecule has 0 spiro atoms. The van der Waals surface area contributed by atoms with Crippen LogP contribution < -0.4 is 10.6 Å². The van der Waals surface area contributed by atoms with Crippen LogP contribution in [0.2, 0.25) is 0 Å². The van der Waals surface area contributed by atoms with E-state index in [2.05, 4.69) is 43.5 Å². The van der Waals surface area contributed by atoms with Crippen molar-refractivity contribution in [2.45, 2.75) is 46.0 Å². The van der Waals surface area contributed by atoms with Gasteiger partial charge >= 0.3 is 0 Å². The third-order valence-corrected chi connectivity index (χ3v) is 4.15. The van der Waals surface area contributed by atoms with E-state index in [-0.39, 0.29) is 29.1 Å². The molecule has 0 bridgehead atoms. The zero-order valence-electron chi connectivity index (χ0n) is 13.5. The van der Waals surface area contributed by atoms with Gasteiger partial charge in [-0.3, -0.25) is 4.79 Å². The number of hydrogen-bond donors (Lipinski definition) is 2. The van der Waals surface area contributed by atoms with Crippen molar-refractivity contribution in [2.24, 2.45) is 5.41 Å². The van der Waals surface area contributed by atoms with Crippen molar-refractivity contribution in [3.05, 3.63) is 29.8 Å². The van der Waals surface area contributed by atoms with Crippen LogP contribution in [0.3, 0.4) is 0 Å². The Morgan fingerprint density at radius 3 is 2.33 bits per heavy atom. The summed E-state index contributed by atoms with van der Waals surface area (Å²) in [5, 5.41) is 6.36. The Balaban J connectivity index is 0.00000220. The SMILES string of the molecule is CC1(C(=O)Nc2ccc(C(C)(C)C)cc2)CCCNC1.Cl. The molecule has 2 rings (SSSR count). The molecule has 1 aromatic rings. The van der Waals surface area contributed by atoms with E-state index in [9.17, 15) is 4.79 Å². The normalized spacial score (nSPS) is 22.3. The van der Waals surface area contributed by atoms with Crippen molar-refractivity contribution >= 4 is 24.0 Å². The molecule has 1 heterocycles. The summed E-state index contributed by atoms with van der Waals surface area (Å²) < 4.78 is 0. The Bertz CT molecular complexity index is 471. The summed E-state index contributed by atoms with van der Waals surface area (Å²) in [6.07, 6.45) is 2.01. The fourth-order valence-electron chi connectivity index (χ4n) is 2.59. The number of carbonyl (C=O) groups excluding carboxylic acids is 1. The molecule has 1 unspecified atom stereocenters. The number of piperidine rings is 1. The number of halogens is 1. The van der Waals surface area contributed by atoms with Crippen molar-refractivity contribution in [3.63, 3.8) is 0 Å². The van der Waals surface area contributed by atoms with Crippen molar-refractivity contribution in [3.8, 4) is 0 Å². The van der Waals surface area contributed by atoms with E-state index >= 15 is 0 Å². The highest BCUT2D eigenvalue weighted by Crippen LogP contribution is 2.28. The van der Waals surface area contributed by atoms with Crippen molar-refractivity contribution in [1.29, 1.82) is 0 Å². The fraction of sp³-hybridized carbons (Fsp3) is 0.588. The van der Waals surface area contributed by atoms with E-state index in [1.807, 2.05) is 19.1 Å². The molecule has 1 atom stereocenters. The van der Waals surface area contributed by atoms with Crippen LogP contribution in [0.5, 0.6) is 0 Å². The second-order valence-electron chi connectivity index (χ2n) is 7.12. The van der Waals surface area contributed by atoms with Gasteiger partial charge in [0.15, 0.2) is 0 Å². The first-order valence-corrected chi connectivity index (χ1v) is 7.44. The maximum atomic E-state index is 12.4. The summed E-state index contributed by atoms with van der Waals surface area (Å²) >= 11 is 0. The minimum Gasteiger partial charge on any atom is -0.326 e. The summed E-state index contributed by atoms with van der Waals surface area (Å²) in [6.45, 7) is 10.4. The minimum absolute atomic E-state index is 0. The number of nitrogens with one attached hydrogen (secondary N) is 2. The van der Waals surface area contributed by atoms with E-state index in [0.29, 0.717) is 0 Å². The van der Waals surface area contributed by atoms with Crippen LogP contribution >= 0.6 is 12.4 Å². The van der Waals surface area contributed by atoms with Crippen molar-refractivity contribution in [2.75, 3.05) is 18.4 Å². The van der Waals surface area contributed by atoms with Gasteiger partial charge in [0.2, 0.25) is 5.91 Å². The van der Waals surface area contributed by atoms with Crippen LogP contribution in [-0.4, -0.2) is 19.0 Å². The number of benzene rings is 1. The van der Waals surface area contributed by atoms with E-state index in [1.54, 1.807) is 0 Å². The number of hydrogen-bond acceptors (Lipinski definition) is 2. The lowest BCUT2D eigenvalue weighted by Gasteiger charge is -2.32. The predicted molar refractivity (Wildman–Crippen MR) is 91.2 cm³/mol. The van der Waals surface area contributed by atoms with Gasteiger partial charge in [-0.1, -0.05) is 32.9 Å². The molecule has 1 saturated heterocycles. The third-order valence-electron chi connectivity index (χ3n) is 4.15. The highest BCUT2D eigenvalue weighted by Gasteiger charge is 2.34. The molecule has 21 heavy (non-hydrogen) atoms. The first kappa shape index (κ1) is 18.0. The van der Waals surface area contributed by atoms with Crippen molar-refractivity contribution in [1.82, 2.24) is 5.32 Å². The smallest absolute Gasteiger partial charge is 0.231 e. The Hall–Kier alpha value is -1.06. The molecule has 0 aliphatic carbocycles. The summed E-state index contributed by atoms with van der Waals surface area (Å²) in [4.78, 5) is 12.4. The molecule has 3 nitrogen and oxygen atoms in total. The maximum Gasteiger partial charge on any atom is 0.231 e. The fourth-order valence-corrected chi connectivity index (χ4v) is 2.59. The van der Waals surface area contributed by atoms with Gasteiger partial charge in [-0.2, -0.15) is 0 Å². The summed E-state index contributed by atoms with van der Waals surface area (Å²) in [5.74, 6) is 0.119. The molecular formula is C17H27ClN2O. The molecule has 1 aromatic carbocycles. The molecular weight excluding hydrogens is 284 g/mol. The molecule has 0 radical (unpaired) electrons. The van der Waals surface area contributed by atoms with Gasteiger partial charge in [-0.15, -0.1) is 12.4 Å². The standard InChI is InChI=1S/C17H26N2O.ClH/c1-16(2,3)13-6-8-14(9-7-13)19-15(20)17(4)10-5-11-18-12-17;/h6-9,18H,5,10-12H2,1-4H3,(H,19,20);1H. The molecule has 118 valence electrons. The van der Waals surface area contributed by atoms with Crippen LogP contribution in [-0.2, 0) is 10.2 Å². The summed E-state index contributed by atoms with van der Waals surface area (Å²) in [6, 6.07) is 8.18. The molecule has 1 aliphatic heterocycles. The number of anilines is 1. The molecule has 1 aliphatic rings. The predicted octanol–water partition coefficient (Wildman–Crippen LogP) is 3.73. The van der Waals surface area contributed by atoms with Gasteiger partial charge in [-0.05, 0) is 49.4 Å². The summed E-state index contributed by atoms with van der Waals surface area (Å²) in [7, 11) is 0. The topological polar surface area (TPSA) is 41.1 Å². The van der Waals surface area contributed by atoms with Gasteiger partial charge in [0.05, 0.1) is 5.41 Å². The Kier molecular flexibility index (Phi) is 5.83. The summed E-state index contributed by atoms with van der Waals surface area (Å²) in [5.41, 5.74) is 2.01. The monoisotopic (exact) mass is 310 g/mol. The average molecular weight is 311 g/mol. The molecule has 1 amide bonds. The molecule has 0 saturated carbocycles. The number of rotatable bonds is 2. The van der Waals surface area contributed by atoms with E-state index in [4.69, 9.17) is 0 Å². The Morgan fingerprint density at radius 1 is 1.24 bits per heavy atom. The van der Waals surface area contributed by atoms with Gasteiger partial charge in [0.1, 0.15) is 0 Å². The average Bonchev–Trinajstić information content (AvgIpc) is 2.39. The second kappa shape index (κ2) is 6.80. The third kappa shape index (κ3) is 4.45. The van der Waals surface area contributed by atoms with Crippen molar-refractivity contribution < 1.29 is 4.79 Å². The quantitative estimate of drug-likeness (QED) is 0.874. The minimum atomic E-state index is -0.291. The zero-order chi connectivity index (χ0) is 14.8. The molecule has 1 fully saturated rings. The van der Waals surface area contributed by atoms with E-state index in [0.717, 1.165) is 31.6 Å². The lowest BCUT2D eigenvalue weighted by atomic mass is 9.82. The highest BCUT2D eigenvalue weighted by molar-refractivity contribution is 5.95. The lowest BCUT2D eigenvalue weighted by molar-refractivity contribution is -0.125. The Labute approximate surface area is 134 Å². The zero-order valence-corrected chi connectivity index (χ0v) is 14.3. The first-order valence-electron chi connectivity index (χ1n) is 7.44. The number of carbonyl (C=O) groups is 1. The van der Waals surface area contributed by atoms with E-state index in [1.165, 1.54) is 5.56 Å². The second-order valence-corrected chi connectivity index (χ2v) is 7.12. The largest absolute Gasteiger partial charge is 0.326 e. The van der Waals surface area contributed by atoms with Gasteiger partial charge in [-0.25, -0.2) is 0 Å². The Morgan fingerprint density at radius 2 is 1.86 bits per heavy atom. The highest BCUT2D eigenvalue weighted by atomic mass is 35.5. The van der Waals surface area contributed by atoms with Crippen LogP contribution in [0.25, 0.3) is 0 Å². The van der Waals surface area contributed by atoms with Crippen LogP contribution in [0, 0.1) is 5.41 Å². The molecule has 2 N–H and O–H groups in total. The van der Waals surface area contributed by atoms with E-state index < -0.39 is 0 Å². The number of amides is 1. The van der Waals surface area contributed by atoms with Crippen LogP contribution in [0.4, 0.5) is 5.69 Å². The molecule has 4 heteroatoms.